The van der Waals surface area contributed by atoms with E-state index >= 15 is 0 Å². The number of aliphatic hydroxyl groups excluding tert-OH is 1. The van der Waals surface area contributed by atoms with Crippen LogP contribution >= 0.6 is 0 Å². The summed E-state index contributed by atoms with van der Waals surface area (Å²) in [6, 6.07) is 0. The minimum atomic E-state index is -4.56. The number of aromatic nitrogens is 2. The summed E-state index contributed by atoms with van der Waals surface area (Å²) in [7, 11) is 0. The number of aliphatic hydroxyl groups is 1. The second kappa shape index (κ2) is 6.82. The lowest BCUT2D eigenvalue weighted by atomic mass is 9.84. The quantitative estimate of drug-likeness (QED) is 0.913. The maximum atomic E-state index is 13.2. The molecule has 0 spiro atoms. The highest BCUT2D eigenvalue weighted by Gasteiger charge is 2.40. The maximum absolute atomic E-state index is 13.2. The standard InChI is InChI=1S/C15H20F3N3O2/c1-3-21(6-7-22)14(23)10-4-5-12-11(8-10)13(15(16,17)18)20-9(2)19-12/h10,22H,3-8H2,1-2H3. The molecular weight excluding hydrogens is 311 g/mol. The minimum absolute atomic E-state index is 0.00871. The Labute approximate surface area is 132 Å². The smallest absolute Gasteiger partial charge is 0.395 e. The van der Waals surface area contributed by atoms with Gasteiger partial charge in [-0.2, -0.15) is 13.2 Å². The van der Waals surface area contributed by atoms with Gasteiger partial charge in [-0.25, -0.2) is 9.97 Å². The molecule has 1 aliphatic carbocycles. The fraction of sp³-hybridized carbons (Fsp3) is 0.667. The Bertz CT molecular complexity index is 590. The van der Waals surface area contributed by atoms with Gasteiger partial charge < -0.3 is 10.0 Å². The molecule has 1 amide bonds. The Hall–Kier alpha value is -1.70. The van der Waals surface area contributed by atoms with E-state index in [-0.39, 0.29) is 36.9 Å². The lowest BCUT2D eigenvalue weighted by Gasteiger charge is -2.30. The normalized spacial score (nSPS) is 17.7. The number of carbonyl (C=O) groups excluding carboxylic acids is 1. The zero-order valence-corrected chi connectivity index (χ0v) is 13.2. The van der Waals surface area contributed by atoms with E-state index in [1.165, 1.54) is 11.8 Å². The van der Waals surface area contributed by atoms with E-state index in [0.717, 1.165) is 0 Å². The van der Waals surface area contributed by atoms with E-state index in [9.17, 15) is 18.0 Å². The Morgan fingerprint density at radius 3 is 2.65 bits per heavy atom. The van der Waals surface area contributed by atoms with E-state index < -0.39 is 17.8 Å². The first-order chi connectivity index (χ1) is 10.8. The molecule has 1 atom stereocenters. The van der Waals surface area contributed by atoms with Gasteiger partial charge in [-0.3, -0.25) is 4.79 Å². The Kier molecular flexibility index (Phi) is 5.23. The Morgan fingerprint density at radius 2 is 2.09 bits per heavy atom. The molecule has 0 saturated heterocycles. The summed E-state index contributed by atoms with van der Waals surface area (Å²) in [5, 5.41) is 8.99. The number of likely N-dealkylation sites (N-methyl/N-ethyl adjacent to an activating group) is 1. The van der Waals surface area contributed by atoms with Crippen LogP contribution in [0.5, 0.6) is 0 Å². The van der Waals surface area contributed by atoms with Crippen LogP contribution in [0.4, 0.5) is 13.2 Å². The van der Waals surface area contributed by atoms with Crippen molar-refractivity contribution in [2.45, 2.75) is 39.3 Å². The number of fused-ring (bicyclic) bond motifs is 1. The van der Waals surface area contributed by atoms with Crippen LogP contribution in [0.1, 0.15) is 36.1 Å². The number of hydrogen-bond donors (Lipinski definition) is 1. The predicted molar refractivity (Wildman–Crippen MR) is 76.6 cm³/mol. The van der Waals surface area contributed by atoms with Crippen LogP contribution in [0.25, 0.3) is 0 Å². The Balaban J connectivity index is 2.31. The van der Waals surface area contributed by atoms with Gasteiger partial charge in [0, 0.05) is 30.3 Å². The largest absolute Gasteiger partial charge is 0.433 e. The molecule has 0 fully saturated rings. The van der Waals surface area contributed by atoms with Gasteiger partial charge >= 0.3 is 6.18 Å². The molecule has 0 saturated carbocycles. The van der Waals surface area contributed by atoms with Gasteiger partial charge in [-0.1, -0.05) is 0 Å². The SMILES string of the molecule is CCN(CCO)C(=O)C1CCc2nc(C)nc(C(F)(F)F)c2C1. The van der Waals surface area contributed by atoms with Crippen molar-refractivity contribution in [2.75, 3.05) is 19.7 Å². The van der Waals surface area contributed by atoms with Gasteiger partial charge in [-0.15, -0.1) is 0 Å². The van der Waals surface area contributed by atoms with Crippen molar-refractivity contribution in [3.05, 3.63) is 22.8 Å². The second-order valence-corrected chi connectivity index (χ2v) is 5.62. The number of carbonyl (C=O) groups is 1. The number of halogens is 3. The fourth-order valence-electron chi connectivity index (χ4n) is 2.98. The second-order valence-electron chi connectivity index (χ2n) is 5.62. The third kappa shape index (κ3) is 3.80. The predicted octanol–water partition coefficient (Wildman–Crippen LogP) is 1.75. The molecule has 128 valence electrons. The molecule has 8 heteroatoms. The summed E-state index contributed by atoms with van der Waals surface area (Å²) in [5.74, 6) is -0.654. The van der Waals surface area contributed by atoms with Crippen LogP contribution in [-0.2, 0) is 23.8 Å². The summed E-state index contributed by atoms with van der Waals surface area (Å²) >= 11 is 0. The lowest BCUT2D eigenvalue weighted by Crippen LogP contribution is -2.40. The molecule has 0 radical (unpaired) electrons. The van der Waals surface area contributed by atoms with Crippen molar-refractivity contribution in [3.8, 4) is 0 Å². The molecule has 2 rings (SSSR count). The molecule has 0 aromatic carbocycles. The monoisotopic (exact) mass is 331 g/mol. The topological polar surface area (TPSA) is 66.3 Å². The third-order valence-corrected chi connectivity index (χ3v) is 4.07. The van der Waals surface area contributed by atoms with E-state index in [0.29, 0.717) is 25.1 Å². The van der Waals surface area contributed by atoms with E-state index in [2.05, 4.69) is 9.97 Å². The van der Waals surface area contributed by atoms with E-state index in [1.54, 1.807) is 6.92 Å². The van der Waals surface area contributed by atoms with Crippen molar-refractivity contribution in [1.82, 2.24) is 14.9 Å². The third-order valence-electron chi connectivity index (χ3n) is 4.07. The molecule has 1 N–H and O–H groups in total. The molecule has 5 nitrogen and oxygen atoms in total. The lowest BCUT2D eigenvalue weighted by molar-refractivity contribution is -0.143. The molecule has 1 aromatic rings. The number of amides is 1. The van der Waals surface area contributed by atoms with E-state index in [4.69, 9.17) is 5.11 Å². The highest BCUT2D eigenvalue weighted by molar-refractivity contribution is 5.79. The van der Waals surface area contributed by atoms with Crippen LogP contribution in [0.3, 0.4) is 0 Å². The number of aryl methyl sites for hydroxylation is 2. The van der Waals surface area contributed by atoms with Crippen molar-refractivity contribution in [2.24, 2.45) is 5.92 Å². The summed E-state index contributed by atoms with van der Waals surface area (Å²) in [6.07, 6.45) is -3.78. The zero-order chi connectivity index (χ0) is 17.2. The van der Waals surface area contributed by atoms with Crippen LogP contribution in [0, 0.1) is 12.8 Å². The van der Waals surface area contributed by atoms with Gasteiger partial charge in [0.2, 0.25) is 5.91 Å². The van der Waals surface area contributed by atoms with Crippen molar-refractivity contribution < 1.29 is 23.1 Å². The summed E-state index contributed by atoms with van der Waals surface area (Å²) in [4.78, 5) is 21.6. The van der Waals surface area contributed by atoms with Gasteiger partial charge in [0.1, 0.15) is 5.82 Å². The van der Waals surface area contributed by atoms with Crippen LogP contribution in [0.15, 0.2) is 0 Å². The Morgan fingerprint density at radius 1 is 1.39 bits per heavy atom. The first-order valence-electron chi connectivity index (χ1n) is 7.61. The summed E-state index contributed by atoms with van der Waals surface area (Å²) < 4.78 is 39.6. The number of alkyl halides is 3. The zero-order valence-electron chi connectivity index (χ0n) is 13.2. The molecule has 1 unspecified atom stereocenters. The maximum Gasteiger partial charge on any atom is 0.433 e. The van der Waals surface area contributed by atoms with Crippen LogP contribution in [0.2, 0.25) is 0 Å². The summed E-state index contributed by atoms with van der Waals surface area (Å²) in [5.41, 5.74) is -0.505. The minimum Gasteiger partial charge on any atom is -0.395 e. The first-order valence-corrected chi connectivity index (χ1v) is 7.61. The average molecular weight is 331 g/mol. The number of rotatable bonds is 4. The molecular formula is C15H20F3N3O2. The molecule has 1 heterocycles. The highest BCUT2D eigenvalue weighted by Crippen LogP contribution is 2.36. The van der Waals surface area contributed by atoms with Gasteiger partial charge in [-0.05, 0) is 33.1 Å². The van der Waals surface area contributed by atoms with E-state index in [1.807, 2.05) is 0 Å². The van der Waals surface area contributed by atoms with Crippen molar-refractivity contribution in [1.29, 1.82) is 0 Å². The van der Waals surface area contributed by atoms with Crippen molar-refractivity contribution in [3.63, 3.8) is 0 Å². The first kappa shape index (κ1) is 17.7. The van der Waals surface area contributed by atoms with Crippen LogP contribution < -0.4 is 0 Å². The average Bonchev–Trinajstić information content (AvgIpc) is 2.49. The molecule has 0 aliphatic heterocycles. The van der Waals surface area contributed by atoms with Crippen LogP contribution in [-0.4, -0.2) is 45.6 Å². The van der Waals surface area contributed by atoms with Gasteiger partial charge in [0.25, 0.3) is 0 Å². The van der Waals surface area contributed by atoms with Crippen molar-refractivity contribution >= 4 is 5.91 Å². The molecule has 0 bridgehead atoms. The molecule has 1 aromatic heterocycles. The van der Waals surface area contributed by atoms with Gasteiger partial charge in [0.05, 0.1) is 6.61 Å². The highest BCUT2D eigenvalue weighted by atomic mass is 19.4. The molecule has 23 heavy (non-hydrogen) atoms. The summed E-state index contributed by atoms with van der Waals surface area (Å²) in [6.45, 7) is 3.65. The number of hydrogen-bond acceptors (Lipinski definition) is 4. The fourth-order valence-corrected chi connectivity index (χ4v) is 2.98. The molecule has 1 aliphatic rings. The number of nitrogens with zero attached hydrogens (tertiary/aromatic N) is 3. The van der Waals surface area contributed by atoms with Gasteiger partial charge in [0.15, 0.2) is 5.69 Å².